The highest BCUT2D eigenvalue weighted by molar-refractivity contribution is 5.67. The maximum atomic E-state index is 11.7. The number of carbonyl (C=O) groups excluding carboxylic acids is 1. The highest BCUT2D eigenvalue weighted by Crippen LogP contribution is 2.11. The van der Waals surface area contributed by atoms with Gasteiger partial charge in [0, 0.05) is 12.6 Å². The lowest BCUT2D eigenvalue weighted by atomic mass is 9.95. The molecule has 4 nitrogen and oxygen atoms in total. The number of benzene rings is 1. The molecule has 1 aromatic rings. The molecule has 2 atom stereocenters. The Morgan fingerprint density at radius 1 is 1.44 bits per heavy atom. The van der Waals surface area contributed by atoms with E-state index in [1.807, 2.05) is 30.3 Å². The summed E-state index contributed by atoms with van der Waals surface area (Å²) in [4.78, 5) is 11.7. The maximum Gasteiger partial charge on any atom is 0.407 e. The molecule has 1 saturated heterocycles. The van der Waals surface area contributed by atoms with Gasteiger partial charge in [-0.15, -0.1) is 0 Å². The Labute approximate surface area is 108 Å². The minimum absolute atomic E-state index is 0.169. The van der Waals surface area contributed by atoms with E-state index < -0.39 is 0 Å². The van der Waals surface area contributed by atoms with Gasteiger partial charge in [-0.25, -0.2) is 4.79 Å². The predicted octanol–water partition coefficient (Wildman–Crippen LogP) is 1.91. The smallest absolute Gasteiger partial charge is 0.407 e. The van der Waals surface area contributed by atoms with Gasteiger partial charge in [-0.3, -0.25) is 0 Å². The molecule has 0 spiro atoms. The number of amides is 1. The van der Waals surface area contributed by atoms with E-state index in [9.17, 15) is 4.79 Å². The summed E-state index contributed by atoms with van der Waals surface area (Å²) < 4.78 is 5.20. The third kappa shape index (κ3) is 3.74. The summed E-state index contributed by atoms with van der Waals surface area (Å²) in [7, 11) is 0. The van der Waals surface area contributed by atoms with Crippen molar-refractivity contribution >= 4 is 6.09 Å². The highest BCUT2D eigenvalue weighted by atomic mass is 16.5. The summed E-state index contributed by atoms with van der Waals surface area (Å²) in [6.07, 6.45) is 0.753. The normalized spacial score (nSPS) is 23.4. The van der Waals surface area contributed by atoms with Crippen LogP contribution in [0.5, 0.6) is 0 Å². The first kappa shape index (κ1) is 12.9. The van der Waals surface area contributed by atoms with Crippen molar-refractivity contribution in [1.82, 2.24) is 10.6 Å². The first-order chi connectivity index (χ1) is 8.75. The van der Waals surface area contributed by atoms with Gasteiger partial charge in [-0.2, -0.15) is 0 Å². The van der Waals surface area contributed by atoms with E-state index >= 15 is 0 Å². The monoisotopic (exact) mass is 248 g/mol. The number of hydrogen-bond donors (Lipinski definition) is 2. The van der Waals surface area contributed by atoms with E-state index in [0.717, 1.165) is 25.1 Å². The van der Waals surface area contributed by atoms with Crippen LogP contribution in [0.3, 0.4) is 0 Å². The van der Waals surface area contributed by atoms with E-state index in [4.69, 9.17) is 4.74 Å². The summed E-state index contributed by atoms with van der Waals surface area (Å²) in [6.45, 7) is 4.32. The van der Waals surface area contributed by atoms with E-state index in [2.05, 4.69) is 17.6 Å². The van der Waals surface area contributed by atoms with Crippen LogP contribution in [0.15, 0.2) is 30.3 Å². The van der Waals surface area contributed by atoms with Gasteiger partial charge in [0.05, 0.1) is 0 Å². The number of piperidine rings is 1. The van der Waals surface area contributed by atoms with Gasteiger partial charge in [0.1, 0.15) is 6.61 Å². The molecule has 0 unspecified atom stereocenters. The second-order valence-electron chi connectivity index (χ2n) is 4.78. The molecule has 0 aromatic heterocycles. The van der Waals surface area contributed by atoms with Crippen LogP contribution in [-0.4, -0.2) is 25.2 Å². The van der Waals surface area contributed by atoms with Gasteiger partial charge >= 0.3 is 6.09 Å². The fourth-order valence-corrected chi connectivity index (χ4v) is 2.10. The average Bonchev–Trinajstić information content (AvgIpc) is 2.40. The van der Waals surface area contributed by atoms with Gasteiger partial charge < -0.3 is 15.4 Å². The van der Waals surface area contributed by atoms with Crippen molar-refractivity contribution < 1.29 is 9.53 Å². The fourth-order valence-electron chi connectivity index (χ4n) is 2.10. The molecule has 1 aliphatic rings. The molecule has 0 bridgehead atoms. The molecule has 1 heterocycles. The van der Waals surface area contributed by atoms with Crippen molar-refractivity contribution in [2.75, 3.05) is 13.1 Å². The predicted molar refractivity (Wildman–Crippen MR) is 70.2 cm³/mol. The Balaban J connectivity index is 1.75. The molecule has 1 fully saturated rings. The Morgan fingerprint density at radius 3 is 2.94 bits per heavy atom. The van der Waals surface area contributed by atoms with Gasteiger partial charge in [0.2, 0.25) is 0 Å². The number of hydrogen-bond acceptors (Lipinski definition) is 3. The minimum atomic E-state index is -0.334. The SMILES string of the molecule is C[C@H]1CCNC[C@@H]1NC(=O)OCc1ccccc1. The number of ether oxygens (including phenoxy) is 1. The van der Waals surface area contributed by atoms with Crippen molar-refractivity contribution in [1.29, 1.82) is 0 Å². The molecular weight excluding hydrogens is 228 g/mol. The average molecular weight is 248 g/mol. The van der Waals surface area contributed by atoms with Crippen molar-refractivity contribution in [3.63, 3.8) is 0 Å². The quantitative estimate of drug-likeness (QED) is 0.859. The van der Waals surface area contributed by atoms with Crippen LogP contribution in [-0.2, 0) is 11.3 Å². The molecular formula is C14H20N2O2. The van der Waals surface area contributed by atoms with Crippen LogP contribution >= 0.6 is 0 Å². The van der Waals surface area contributed by atoms with Crippen molar-refractivity contribution in [3.05, 3.63) is 35.9 Å². The highest BCUT2D eigenvalue weighted by Gasteiger charge is 2.22. The molecule has 1 aliphatic heterocycles. The Kier molecular flexibility index (Phi) is 4.59. The van der Waals surface area contributed by atoms with Gasteiger partial charge in [-0.1, -0.05) is 37.3 Å². The zero-order valence-electron chi connectivity index (χ0n) is 10.7. The number of nitrogens with one attached hydrogen (secondary N) is 2. The topological polar surface area (TPSA) is 50.4 Å². The van der Waals surface area contributed by atoms with E-state index in [1.165, 1.54) is 0 Å². The molecule has 1 amide bonds. The molecule has 18 heavy (non-hydrogen) atoms. The molecule has 0 radical (unpaired) electrons. The molecule has 2 rings (SSSR count). The van der Waals surface area contributed by atoms with Crippen LogP contribution in [0.4, 0.5) is 4.79 Å². The standard InChI is InChI=1S/C14H20N2O2/c1-11-7-8-15-9-13(11)16-14(17)18-10-12-5-3-2-4-6-12/h2-6,11,13,15H,7-10H2,1H3,(H,16,17)/t11-,13-/m0/s1. The van der Waals surface area contributed by atoms with Crippen LogP contribution in [0, 0.1) is 5.92 Å². The van der Waals surface area contributed by atoms with E-state index in [-0.39, 0.29) is 12.1 Å². The number of carbonyl (C=O) groups is 1. The Morgan fingerprint density at radius 2 is 2.22 bits per heavy atom. The van der Waals surface area contributed by atoms with Gasteiger partial charge in [0.15, 0.2) is 0 Å². The Hall–Kier alpha value is -1.55. The third-order valence-electron chi connectivity index (χ3n) is 3.34. The van der Waals surface area contributed by atoms with Crippen molar-refractivity contribution in [2.45, 2.75) is 26.0 Å². The van der Waals surface area contributed by atoms with Crippen molar-refractivity contribution in [2.24, 2.45) is 5.92 Å². The summed E-state index contributed by atoms with van der Waals surface area (Å²) >= 11 is 0. The van der Waals surface area contributed by atoms with E-state index in [1.54, 1.807) is 0 Å². The number of alkyl carbamates (subject to hydrolysis) is 1. The lowest BCUT2D eigenvalue weighted by Gasteiger charge is -2.29. The summed E-state index contributed by atoms with van der Waals surface area (Å²) in [5.74, 6) is 0.496. The van der Waals surface area contributed by atoms with Gasteiger partial charge in [-0.05, 0) is 24.4 Å². The fraction of sp³-hybridized carbons (Fsp3) is 0.500. The summed E-state index contributed by atoms with van der Waals surface area (Å²) in [5, 5.41) is 6.19. The Bertz CT molecular complexity index is 381. The summed E-state index contributed by atoms with van der Waals surface area (Å²) in [6, 6.07) is 9.87. The lowest BCUT2D eigenvalue weighted by molar-refractivity contribution is 0.129. The third-order valence-corrected chi connectivity index (χ3v) is 3.34. The number of rotatable bonds is 3. The largest absolute Gasteiger partial charge is 0.445 e. The second-order valence-corrected chi connectivity index (χ2v) is 4.78. The minimum Gasteiger partial charge on any atom is -0.445 e. The first-order valence-electron chi connectivity index (χ1n) is 6.43. The zero-order chi connectivity index (χ0) is 12.8. The molecule has 0 aliphatic carbocycles. The molecule has 0 saturated carbocycles. The van der Waals surface area contributed by atoms with Crippen molar-refractivity contribution in [3.8, 4) is 0 Å². The van der Waals surface area contributed by atoms with Crippen LogP contribution < -0.4 is 10.6 Å². The molecule has 98 valence electrons. The molecule has 2 N–H and O–H groups in total. The van der Waals surface area contributed by atoms with E-state index in [0.29, 0.717) is 12.5 Å². The second kappa shape index (κ2) is 6.40. The van der Waals surface area contributed by atoms with Crippen LogP contribution in [0.1, 0.15) is 18.9 Å². The van der Waals surface area contributed by atoms with Crippen LogP contribution in [0.2, 0.25) is 0 Å². The molecule has 1 aromatic carbocycles. The van der Waals surface area contributed by atoms with Crippen LogP contribution in [0.25, 0.3) is 0 Å². The first-order valence-corrected chi connectivity index (χ1v) is 6.43. The maximum absolute atomic E-state index is 11.7. The lowest BCUT2D eigenvalue weighted by Crippen LogP contribution is -2.50. The summed E-state index contributed by atoms with van der Waals surface area (Å²) in [5.41, 5.74) is 1.00. The molecule has 4 heteroatoms. The van der Waals surface area contributed by atoms with Gasteiger partial charge in [0.25, 0.3) is 0 Å². The zero-order valence-corrected chi connectivity index (χ0v) is 10.7.